The molecule has 24 heavy (non-hydrogen) atoms. The van der Waals surface area contributed by atoms with Crippen LogP contribution in [-0.4, -0.2) is 50.3 Å². The lowest BCUT2D eigenvalue weighted by Crippen LogP contribution is -2.37. The van der Waals surface area contributed by atoms with Crippen molar-refractivity contribution in [3.8, 4) is 0 Å². The average Bonchev–Trinajstić information content (AvgIpc) is 3.12. The Bertz CT molecular complexity index is 567. The maximum absolute atomic E-state index is 6.29. The standard InChI is InChI=1S/C18H26BrN3O.ClH/c19-15-3-1-14(18(9-15)22-5-7-23-8-6-22)11-21-10-13-2-4-17(20)16(13)12-21;/h1,3,9,13,16-17H,2,4-8,10-12,20H2;1H. The smallest absolute Gasteiger partial charge is 0.0642 e. The van der Waals surface area contributed by atoms with Gasteiger partial charge in [-0.1, -0.05) is 22.0 Å². The van der Waals surface area contributed by atoms with Crippen LogP contribution in [0.2, 0.25) is 0 Å². The van der Waals surface area contributed by atoms with Gasteiger partial charge in [0.25, 0.3) is 0 Å². The van der Waals surface area contributed by atoms with Gasteiger partial charge in [-0.05, 0) is 42.4 Å². The number of nitrogens with two attached hydrogens (primary N) is 1. The van der Waals surface area contributed by atoms with Crippen molar-refractivity contribution < 1.29 is 4.74 Å². The number of benzene rings is 1. The largest absolute Gasteiger partial charge is 0.378 e. The number of morpholine rings is 1. The third-order valence-corrected chi connectivity index (χ3v) is 6.27. The van der Waals surface area contributed by atoms with Gasteiger partial charge in [0.1, 0.15) is 0 Å². The number of hydrogen-bond donors (Lipinski definition) is 1. The molecule has 2 aliphatic heterocycles. The Morgan fingerprint density at radius 1 is 1.17 bits per heavy atom. The third-order valence-electron chi connectivity index (χ3n) is 5.78. The maximum atomic E-state index is 6.29. The zero-order valence-electron chi connectivity index (χ0n) is 14.0. The molecule has 2 heterocycles. The predicted molar refractivity (Wildman–Crippen MR) is 104 cm³/mol. The molecular weight excluding hydrogens is 390 g/mol. The summed E-state index contributed by atoms with van der Waals surface area (Å²) >= 11 is 3.63. The Labute approximate surface area is 159 Å². The van der Waals surface area contributed by atoms with Crippen LogP contribution in [-0.2, 0) is 11.3 Å². The molecule has 6 heteroatoms. The number of halogens is 2. The Morgan fingerprint density at radius 3 is 2.71 bits per heavy atom. The van der Waals surface area contributed by atoms with E-state index in [2.05, 4.69) is 43.9 Å². The van der Waals surface area contributed by atoms with Gasteiger partial charge in [0.15, 0.2) is 0 Å². The molecule has 3 atom stereocenters. The lowest BCUT2D eigenvalue weighted by molar-refractivity contribution is 0.122. The van der Waals surface area contributed by atoms with Crippen LogP contribution < -0.4 is 10.6 Å². The minimum absolute atomic E-state index is 0. The Kier molecular flexibility index (Phi) is 6.09. The summed E-state index contributed by atoms with van der Waals surface area (Å²) in [5.74, 6) is 1.55. The van der Waals surface area contributed by atoms with Crippen LogP contribution >= 0.6 is 28.3 Å². The van der Waals surface area contributed by atoms with Crippen LogP contribution in [0.4, 0.5) is 5.69 Å². The first-order valence-corrected chi connectivity index (χ1v) is 9.59. The van der Waals surface area contributed by atoms with Crippen LogP contribution in [0.5, 0.6) is 0 Å². The van der Waals surface area contributed by atoms with E-state index in [9.17, 15) is 0 Å². The summed E-state index contributed by atoms with van der Waals surface area (Å²) in [5, 5.41) is 0. The molecule has 3 aliphatic rings. The molecule has 0 amide bonds. The van der Waals surface area contributed by atoms with Crippen LogP contribution in [0.15, 0.2) is 22.7 Å². The fourth-order valence-electron chi connectivity index (χ4n) is 4.54. The molecule has 0 aromatic heterocycles. The zero-order chi connectivity index (χ0) is 15.8. The topological polar surface area (TPSA) is 41.7 Å². The van der Waals surface area contributed by atoms with Crippen LogP contribution in [0.3, 0.4) is 0 Å². The van der Waals surface area contributed by atoms with Crippen molar-refractivity contribution in [2.75, 3.05) is 44.3 Å². The Balaban J connectivity index is 0.00000169. The fourth-order valence-corrected chi connectivity index (χ4v) is 4.89. The van der Waals surface area contributed by atoms with E-state index in [1.165, 1.54) is 37.2 Å². The van der Waals surface area contributed by atoms with Crippen molar-refractivity contribution >= 4 is 34.0 Å². The third kappa shape index (κ3) is 3.75. The van der Waals surface area contributed by atoms with E-state index >= 15 is 0 Å². The summed E-state index contributed by atoms with van der Waals surface area (Å²) in [6.45, 7) is 7.06. The van der Waals surface area contributed by atoms with Crippen molar-refractivity contribution in [1.82, 2.24) is 4.90 Å². The number of rotatable bonds is 3. The number of hydrogen-bond acceptors (Lipinski definition) is 4. The number of likely N-dealkylation sites (tertiary alicyclic amines) is 1. The molecule has 3 unspecified atom stereocenters. The maximum Gasteiger partial charge on any atom is 0.0642 e. The first-order chi connectivity index (χ1) is 11.2. The van der Waals surface area contributed by atoms with E-state index < -0.39 is 0 Å². The van der Waals surface area contributed by atoms with Gasteiger partial charge in [0, 0.05) is 48.9 Å². The molecule has 0 bridgehead atoms. The molecule has 3 fully saturated rings. The van der Waals surface area contributed by atoms with E-state index in [4.69, 9.17) is 10.5 Å². The van der Waals surface area contributed by atoms with Gasteiger partial charge < -0.3 is 15.4 Å². The highest BCUT2D eigenvalue weighted by Gasteiger charge is 2.40. The van der Waals surface area contributed by atoms with Gasteiger partial charge in [-0.25, -0.2) is 0 Å². The minimum Gasteiger partial charge on any atom is -0.378 e. The molecule has 4 nitrogen and oxygen atoms in total. The molecule has 0 spiro atoms. The summed E-state index contributed by atoms with van der Waals surface area (Å²) in [6, 6.07) is 7.14. The second kappa shape index (κ2) is 7.92. The Morgan fingerprint density at radius 2 is 1.96 bits per heavy atom. The van der Waals surface area contributed by atoms with Crippen molar-refractivity contribution in [3.63, 3.8) is 0 Å². The fraction of sp³-hybridized carbons (Fsp3) is 0.667. The van der Waals surface area contributed by atoms with Gasteiger partial charge >= 0.3 is 0 Å². The van der Waals surface area contributed by atoms with Gasteiger partial charge in [-0.2, -0.15) is 0 Å². The second-order valence-electron chi connectivity index (χ2n) is 7.23. The van der Waals surface area contributed by atoms with Crippen LogP contribution in [0, 0.1) is 11.8 Å². The monoisotopic (exact) mass is 415 g/mol. The highest BCUT2D eigenvalue weighted by Crippen LogP contribution is 2.38. The quantitative estimate of drug-likeness (QED) is 0.823. The summed E-state index contributed by atoms with van der Waals surface area (Å²) in [6.07, 6.45) is 2.54. The first-order valence-electron chi connectivity index (χ1n) is 8.80. The number of fused-ring (bicyclic) bond motifs is 1. The minimum atomic E-state index is 0. The molecule has 134 valence electrons. The van der Waals surface area contributed by atoms with Gasteiger partial charge in [0.05, 0.1) is 13.2 Å². The lowest BCUT2D eigenvalue weighted by atomic mass is 9.98. The number of anilines is 1. The molecule has 1 aromatic carbocycles. The molecule has 1 saturated carbocycles. The van der Waals surface area contributed by atoms with Gasteiger partial charge in [-0.3, -0.25) is 4.90 Å². The van der Waals surface area contributed by atoms with Gasteiger partial charge in [-0.15, -0.1) is 12.4 Å². The van der Waals surface area contributed by atoms with E-state index in [0.717, 1.165) is 49.2 Å². The van der Waals surface area contributed by atoms with Gasteiger partial charge in [0.2, 0.25) is 0 Å². The van der Waals surface area contributed by atoms with E-state index in [0.29, 0.717) is 6.04 Å². The first kappa shape index (κ1) is 18.5. The highest BCUT2D eigenvalue weighted by atomic mass is 79.9. The molecule has 2 N–H and O–H groups in total. The second-order valence-corrected chi connectivity index (χ2v) is 8.15. The molecule has 0 radical (unpaired) electrons. The molecular formula is C18H27BrClN3O. The summed E-state index contributed by atoms with van der Waals surface area (Å²) in [5.41, 5.74) is 9.09. The molecule has 1 aliphatic carbocycles. The van der Waals surface area contributed by atoms with Crippen molar-refractivity contribution in [1.29, 1.82) is 0 Å². The molecule has 1 aromatic rings. The number of nitrogens with zero attached hydrogens (tertiary/aromatic N) is 2. The SMILES string of the molecule is Cl.NC1CCC2CN(Cc3ccc(Br)cc3N3CCOCC3)CC12. The van der Waals surface area contributed by atoms with Crippen LogP contribution in [0.25, 0.3) is 0 Å². The summed E-state index contributed by atoms with van der Waals surface area (Å²) < 4.78 is 6.66. The molecule has 2 saturated heterocycles. The van der Waals surface area contributed by atoms with Crippen molar-refractivity contribution in [3.05, 3.63) is 28.2 Å². The van der Waals surface area contributed by atoms with E-state index in [1.54, 1.807) is 0 Å². The van der Waals surface area contributed by atoms with E-state index in [1.807, 2.05) is 0 Å². The normalized spacial score (nSPS) is 30.2. The van der Waals surface area contributed by atoms with E-state index in [-0.39, 0.29) is 12.4 Å². The zero-order valence-corrected chi connectivity index (χ0v) is 16.4. The van der Waals surface area contributed by atoms with Crippen LogP contribution in [0.1, 0.15) is 18.4 Å². The lowest BCUT2D eigenvalue weighted by Gasteiger charge is -2.32. The van der Waals surface area contributed by atoms with Crippen molar-refractivity contribution in [2.24, 2.45) is 17.6 Å². The summed E-state index contributed by atoms with van der Waals surface area (Å²) in [7, 11) is 0. The Hall–Kier alpha value is -0.330. The van der Waals surface area contributed by atoms with Crippen molar-refractivity contribution in [2.45, 2.75) is 25.4 Å². The summed E-state index contributed by atoms with van der Waals surface area (Å²) in [4.78, 5) is 5.08. The predicted octanol–water partition coefficient (Wildman–Crippen LogP) is 2.88. The average molecular weight is 417 g/mol. The number of ether oxygens (including phenoxy) is 1. The highest BCUT2D eigenvalue weighted by molar-refractivity contribution is 9.10. The molecule has 4 rings (SSSR count).